The molecule has 1 aromatic carbocycles. The summed E-state index contributed by atoms with van der Waals surface area (Å²) in [5.74, 6) is -0.0856. The Bertz CT molecular complexity index is 416. The number of nitrogens with one attached hydrogen (secondary N) is 1. The third-order valence-electron chi connectivity index (χ3n) is 2.83. The zero-order valence-electron chi connectivity index (χ0n) is 9.56. The number of rotatable bonds is 2. The van der Waals surface area contributed by atoms with E-state index in [-0.39, 0.29) is 11.9 Å². The van der Waals surface area contributed by atoms with Gasteiger partial charge in [0.15, 0.2) is 0 Å². The molecule has 0 spiro atoms. The molecule has 0 atom stereocenters. The highest BCUT2D eigenvalue weighted by Crippen LogP contribution is 2.38. The van der Waals surface area contributed by atoms with Crippen molar-refractivity contribution in [2.45, 2.75) is 25.1 Å². The van der Waals surface area contributed by atoms with E-state index in [0.717, 1.165) is 32.0 Å². The van der Waals surface area contributed by atoms with Crippen LogP contribution < -0.4 is 10.1 Å². The van der Waals surface area contributed by atoms with E-state index in [9.17, 15) is 13.2 Å². The Morgan fingerprint density at radius 3 is 2.50 bits per heavy atom. The lowest BCUT2D eigenvalue weighted by atomic mass is 10.1. The summed E-state index contributed by atoms with van der Waals surface area (Å²) >= 11 is 3.05. The highest BCUT2D eigenvalue weighted by Gasteiger charge is 2.35. The van der Waals surface area contributed by atoms with Crippen molar-refractivity contribution in [2.75, 3.05) is 13.1 Å². The van der Waals surface area contributed by atoms with Gasteiger partial charge < -0.3 is 10.1 Å². The summed E-state index contributed by atoms with van der Waals surface area (Å²) in [5.41, 5.74) is -0.726. The van der Waals surface area contributed by atoms with Crippen LogP contribution in [0, 0.1) is 0 Å². The van der Waals surface area contributed by atoms with E-state index in [0.29, 0.717) is 4.47 Å². The minimum atomic E-state index is -4.40. The van der Waals surface area contributed by atoms with Crippen LogP contribution in [0.15, 0.2) is 22.7 Å². The lowest BCUT2D eigenvalue weighted by Gasteiger charge is -2.25. The maximum absolute atomic E-state index is 12.9. The molecular formula is C12H13BrF3NO. The minimum Gasteiger partial charge on any atom is -0.490 e. The average Bonchev–Trinajstić information content (AvgIpc) is 2.31. The summed E-state index contributed by atoms with van der Waals surface area (Å²) in [6.45, 7) is 1.56. The standard InChI is InChI=1S/C12H13BrF3NO/c13-8-1-2-11(10(7-8)12(14,15)16)18-9-3-5-17-6-4-9/h1-2,7,9,17H,3-6H2. The summed E-state index contributed by atoms with van der Waals surface area (Å²) in [6, 6.07) is 3.98. The van der Waals surface area contributed by atoms with Crippen molar-refractivity contribution in [3.05, 3.63) is 28.2 Å². The van der Waals surface area contributed by atoms with Crippen LogP contribution in [-0.2, 0) is 6.18 Å². The van der Waals surface area contributed by atoms with Crippen LogP contribution in [0.3, 0.4) is 0 Å². The second-order valence-corrected chi connectivity index (χ2v) is 5.12. The summed E-state index contributed by atoms with van der Waals surface area (Å²) < 4.78 is 44.5. The normalized spacial score (nSPS) is 17.8. The average molecular weight is 324 g/mol. The van der Waals surface area contributed by atoms with E-state index < -0.39 is 11.7 Å². The highest BCUT2D eigenvalue weighted by atomic mass is 79.9. The van der Waals surface area contributed by atoms with Gasteiger partial charge in [0.2, 0.25) is 0 Å². The molecule has 0 bridgehead atoms. The van der Waals surface area contributed by atoms with Gasteiger partial charge in [-0.15, -0.1) is 0 Å². The third kappa shape index (κ3) is 3.38. The molecule has 18 heavy (non-hydrogen) atoms. The first-order valence-electron chi connectivity index (χ1n) is 5.71. The SMILES string of the molecule is FC(F)(F)c1cc(Br)ccc1OC1CCNCC1. The third-order valence-corrected chi connectivity index (χ3v) is 3.32. The van der Waals surface area contributed by atoms with E-state index in [1.54, 1.807) is 6.07 Å². The van der Waals surface area contributed by atoms with Gasteiger partial charge in [0.25, 0.3) is 0 Å². The molecule has 1 fully saturated rings. The molecule has 0 aliphatic carbocycles. The molecule has 0 amide bonds. The first-order valence-corrected chi connectivity index (χ1v) is 6.50. The van der Waals surface area contributed by atoms with Crippen LogP contribution in [-0.4, -0.2) is 19.2 Å². The summed E-state index contributed by atoms with van der Waals surface area (Å²) in [7, 11) is 0. The molecule has 0 saturated carbocycles. The number of hydrogen-bond donors (Lipinski definition) is 1. The number of benzene rings is 1. The van der Waals surface area contributed by atoms with Gasteiger partial charge in [-0.3, -0.25) is 0 Å². The Morgan fingerprint density at radius 2 is 1.89 bits per heavy atom. The molecule has 0 unspecified atom stereocenters. The van der Waals surface area contributed by atoms with Crippen molar-refractivity contribution in [3.63, 3.8) is 0 Å². The van der Waals surface area contributed by atoms with Crippen molar-refractivity contribution in [2.24, 2.45) is 0 Å². The lowest BCUT2D eigenvalue weighted by Crippen LogP contribution is -2.34. The highest BCUT2D eigenvalue weighted by molar-refractivity contribution is 9.10. The van der Waals surface area contributed by atoms with Crippen LogP contribution in [0.1, 0.15) is 18.4 Å². The Hall–Kier alpha value is -0.750. The molecule has 2 rings (SSSR count). The van der Waals surface area contributed by atoms with Gasteiger partial charge in [0, 0.05) is 4.47 Å². The Kier molecular flexibility index (Phi) is 4.17. The predicted octanol–water partition coefficient (Wildman–Crippen LogP) is 3.60. The van der Waals surface area contributed by atoms with Gasteiger partial charge >= 0.3 is 6.18 Å². The second-order valence-electron chi connectivity index (χ2n) is 4.21. The lowest BCUT2D eigenvalue weighted by molar-refractivity contribution is -0.139. The van der Waals surface area contributed by atoms with Crippen LogP contribution in [0.5, 0.6) is 5.75 Å². The smallest absolute Gasteiger partial charge is 0.420 e. The van der Waals surface area contributed by atoms with Crippen LogP contribution in [0.2, 0.25) is 0 Å². The molecule has 1 aromatic rings. The van der Waals surface area contributed by atoms with Crippen molar-refractivity contribution in [1.29, 1.82) is 0 Å². The minimum absolute atomic E-state index is 0.0856. The van der Waals surface area contributed by atoms with Gasteiger partial charge in [-0.25, -0.2) is 0 Å². The quantitative estimate of drug-likeness (QED) is 0.897. The molecule has 6 heteroatoms. The van der Waals surface area contributed by atoms with Crippen LogP contribution in [0.25, 0.3) is 0 Å². The molecule has 1 heterocycles. The Balaban J connectivity index is 2.21. The molecule has 0 radical (unpaired) electrons. The van der Waals surface area contributed by atoms with E-state index >= 15 is 0 Å². The number of hydrogen-bond acceptors (Lipinski definition) is 2. The fourth-order valence-corrected chi connectivity index (χ4v) is 2.28. The van der Waals surface area contributed by atoms with E-state index in [4.69, 9.17) is 4.74 Å². The van der Waals surface area contributed by atoms with Gasteiger partial charge in [0.05, 0.1) is 5.56 Å². The fraction of sp³-hybridized carbons (Fsp3) is 0.500. The van der Waals surface area contributed by atoms with Crippen LogP contribution in [0.4, 0.5) is 13.2 Å². The Labute approximate surface area is 112 Å². The molecule has 1 saturated heterocycles. The topological polar surface area (TPSA) is 21.3 Å². The number of alkyl halides is 3. The van der Waals surface area contributed by atoms with Crippen LogP contribution >= 0.6 is 15.9 Å². The maximum atomic E-state index is 12.9. The molecule has 1 aliphatic heterocycles. The summed E-state index contributed by atoms with van der Waals surface area (Å²) in [4.78, 5) is 0. The molecule has 1 N–H and O–H groups in total. The van der Waals surface area contributed by atoms with E-state index in [1.165, 1.54) is 6.07 Å². The molecule has 1 aliphatic rings. The molecule has 0 aromatic heterocycles. The van der Waals surface area contributed by atoms with Crippen molar-refractivity contribution in [1.82, 2.24) is 5.32 Å². The second kappa shape index (κ2) is 5.48. The predicted molar refractivity (Wildman–Crippen MR) is 65.7 cm³/mol. The summed E-state index contributed by atoms with van der Waals surface area (Å²) in [5, 5.41) is 3.14. The van der Waals surface area contributed by atoms with E-state index in [2.05, 4.69) is 21.2 Å². The number of piperidine rings is 1. The number of ether oxygens (including phenoxy) is 1. The van der Waals surface area contributed by atoms with Gasteiger partial charge in [-0.05, 0) is 44.1 Å². The van der Waals surface area contributed by atoms with E-state index in [1.807, 2.05) is 0 Å². The molecule has 100 valence electrons. The first-order chi connectivity index (χ1) is 8.47. The van der Waals surface area contributed by atoms with Gasteiger partial charge in [0.1, 0.15) is 11.9 Å². The monoisotopic (exact) mass is 323 g/mol. The van der Waals surface area contributed by atoms with Gasteiger partial charge in [-0.1, -0.05) is 15.9 Å². The Morgan fingerprint density at radius 1 is 1.22 bits per heavy atom. The molecular weight excluding hydrogens is 311 g/mol. The van der Waals surface area contributed by atoms with Gasteiger partial charge in [-0.2, -0.15) is 13.2 Å². The van der Waals surface area contributed by atoms with Crippen molar-refractivity contribution in [3.8, 4) is 5.75 Å². The maximum Gasteiger partial charge on any atom is 0.420 e. The number of halogens is 4. The first kappa shape index (κ1) is 13.7. The fourth-order valence-electron chi connectivity index (χ4n) is 1.92. The molecule has 2 nitrogen and oxygen atoms in total. The van der Waals surface area contributed by atoms with Crippen molar-refractivity contribution >= 4 is 15.9 Å². The largest absolute Gasteiger partial charge is 0.490 e. The summed E-state index contributed by atoms with van der Waals surface area (Å²) in [6.07, 6.45) is -3.08. The zero-order chi connectivity index (χ0) is 13.2. The zero-order valence-corrected chi connectivity index (χ0v) is 11.1. The van der Waals surface area contributed by atoms with Crippen molar-refractivity contribution < 1.29 is 17.9 Å².